The average Bonchev–Trinajstić information content (AvgIpc) is 2.22. The summed E-state index contributed by atoms with van der Waals surface area (Å²) in [4.78, 5) is 10.5. The molecule has 0 aromatic carbocycles. The molecule has 0 aromatic heterocycles. The summed E-state index contributed by atoms with van der Waals surface area (Å²) in [5.74, 6) is 0. The van der Waals surface area contributed by atoms with Crippen LogP contribution in [0.2, 0.25) is 0 Å². The molecule has 3 N–H and O–H groups in total. The van der Waals surface area contributed by atoms with Crippen molar-refractivity contribution >= 4 is 11.7 Å². The number of nitrogens with one attached hydrogen (secondary N) is 1. The third kappa shape index (κ3) is 3.97. The summed E-state index contributed by atoms with van der Waals surface area (Å²) in [6.45, 7) is 6.24. The van der Waals surface area contributed by atoms with Crippen LogP contribution in [0, 0.1) is 5.41 Å². The van der Waals surface area contributed by atoms with Gasteiger partial charge in [0.15, 0.2) is 0 Å². The van der Waals surface area contributed by atoms with E-state index in [1.807, 2.05) is 13.0 Å². The Morgan fingerprint density at radius 1 is 1.60 bits per heavy atom. The molecule has 0 heterocycles. The SMILES string of the molecule is CC1=CC(=NNC(N)=O)CC(C)(C)C=C1. The first-order chi connectivity index (χ1) is 6.89. The van der Waals surface area contributed by atoms with Crippen molar-refractivity contribution in [1.29, 1.82) is 0 Å². The van der Waals surface area contributed by atoms with Gasteiger partial charge < -0.3 is 5.73 Å². The molecular weight excluding hydrogens is 190 g/mol. The first-order valence-electron chi connectivity index (χ1n) is 4.89. The van der Waals surface area contributed by atoms with Crippen LogP contribution in [0.4, 0.5) is 4.79 Å². The summed E-state index contributed by atoms with van der Waals surface area (Å²) in [5.41, 5.74) is 9.21. The molecule has 0 saturated carbocycles. The van der Waals surface area contributed by atoms with Gasteiger partial charge in [-0.2, -0.15) is 5.10 Å². The van der Waals surface area contributed by atoms with E-state index < -0.39 is 6.03 Å². The molecule has 2 amide bonds. The summed E-state index contributed by atoms with van der Waals surface area (Å²) in [6.07, 6.45) is 6.93. The van der Waals surface area contributed by atoms with Crippen molar-refractivity contribution in [3.05, 3.63) is 23.8 Å². The van der Waals surface area contributed by atoms with Gasteiger partial charge in [-0.3, -0.25) is 0 Å². The molecular formula is C11H17N3O. The summed E-state index contributed by atoms with van der Waals surface area (Å²) < 4.78 is 0. The zero-order chi connectivity index (χ0) is 11.5. The van der Waals surface area contributed by atoms with Crippen LogP contribution in [0.1, 0.15) is 27.2 Å². The van der Waals surface area contributed by atoms with Crippen LogP contribution >= 0.6 is 0 Å². The number of hydrogen-bond donors (Lipinski definition) is 2. The molecule has 0 atom stereocenters. The Labute approximate surface area is 89.9 Å². The molecule has 0 aliphatic heterocycles. The predicted molar refractivity (Wildman–Crippen MR) is 61.4 cm³/mol. The van der Waals surface area contributed by atoms with Gasteiger partial charge in [0.05, 0.1) is 5.71 Å². The zero-order valence-corrected chi connectivity index (χ0v) is 9.37. The highest BCUT2D eigenvalue weighted by Crippen LogP contribution is 2.26. The molecule has 0 saturated heterocycles. The standard InChI is InChI=1S/C11H17N3O/c1-8-4-5-11(2,3)7-9(6-8)13-14-10(12)15/h4-6H,7H2,1-3H3,(H3,12,14,15). The van der Waals surface area contributed by atoms with Crippen LogP contribution in [0.15, 0.2) is 28.9 Å². The van der Waals surface area contributed by atoms with Gasteiger partial charge in [-0.15, -0.1) is 0 Å². The second-order valence-corrected chi connectivity index (χ2v) is 4.47. The lowest BCUT2D eigenvalue weighted by atomic mass is 9.88. The van der Waals surface area contributed by atoms with Gasteiger partial charge in [0.2, 0.25) is 0 Å². The highest BCUT2D eigenvalue weighted by Gasteiger charge is 2.18. The summed E-state index contributed by atoms with van der Waals surface area (Å²) >= 11 is 0. The lowest BCUT2D eigenvalue weighted by molar-refractivity contribution is 0.249. The van der Waals surface area contributed by atoms with Gasteiger partial charge in [-0.05, 0) is 24.0 Å². The molecule has 0 fully saturated rings. The van der Waals surface area contributed by atoms with Crippen molar-refractivity contribution in [1.82, 2.24) is 5.43 Å². The lowest BCUT2D eigenvalue weighted by Gasteiger charge is -2.18. The number of hydrazone groups is 1. The van der Waals surface area contributed by atoms with Crippen molar-refractivity contribution in [3.8, 4) is 0 Å². The summed E-state index contributed by atoms with van der Waals surface area (Å²) in [5, 5.41) is 3.96. The maximum Gasteiger partial charge on any atom is 0.332 e. The topological polar surface area (TPSA) is 67.5 Å². The molecule has 1 aliphatic carbocycles. The lowest BCUT2D eigenvalue weighted by Crippen LogP contribution is -2.26. The Kier molecular flexibility index (Phi) is 3.29. The quantitative estimate of drug-likeness (QED) is 0.634. The summed E-state index contributed by atoms with van der Waals surface area (Å²) in [7, 11) is 0. The molecule has 15 heavy (non-hydrogen) atoms. The number of hydrogen-bond acceptors (Lipinski definition) is 2. The Balaban J connectivity index is 2.86. The number of nitrogens with two attached hydrogens (primary N) is 1. The first kappa shape index (κ1) is 11.5. The van der Waals surface area contributed by atoms with Crippen LogP contribution in [-0.2, 0) is 0 Å². The van der Waals surface area contributed by atoms with Crippen molar-refractivity contribution in [2.24, 2.45) is 16.3 Å². The van der Waals surface area contributed by atoms with E-state index in [9.17, 15) is 4.79 Å². The minimum Gasteiger partial charge on any atom is -0.350 e. The van der Waals surface area contributed by atoms with Gasteiger partial charge >= 0.3 is 6.03 Å². The number of amides is 2. The molecule has 0 aromatic rings. The van der Waals surface area contributed by atoms with Crippen molar-refractivity contribution in [2.75, 3.05) is 0 Å². The third-order valence-electron chi connectivity index (χ3n) is 2.14. The molecule has 0 spiro atoms. The van der Waals surface area contributed by atoms with E-state index in [0.29, 0.717) is 0 Å². The van der Waals surface area contributed by atoms with Crippen LogP contribution in [-0.4, -0.2) is 11.7 Å². The Hall–Kier alpha value is -1.58. The van der Waals surface area contributed by atoms with Crippen molar-refractivity contribution in [3.63, 3.8) is 0 Å². The molecule has 1 aliphatic rings. The maximum absolute atomic E-state index is 10.5. The Morgan fingerprint density at radius 3 is 2.87 bits per heavy atom. The molecule has 82 valence electrons. The Bertz CT molecular complexity index is 351. The molecule has 1 rings (SSSR count). The highest BCUT2D eigenvalue weighted by atomic mass is 16.2. The van der Waals surface area contributed by atoms with E-state index in [0.717, 1.165) is 17.7 Å². The fraction of sp³-hybridized carbons (Fsp3) is 0.455. The minimum absolute atomic E-state index is 0.0480. The van der Waals surface area contributed by atoms with Crippen LogP contribution in [0.3, 0.4) is 0 Å². The smallest absolute Gasteiger partial charge is 0.332 e. The number of carbonyl (C=O) groups excluding carboxylic acids is 1. The average molecular weight is 207 g/mol. The van der Waals surface area contributed by atoms with Crippen molar-refractivity contribution < 1.29 is 4.79 Å². The van der Waals surface area contributed by atoms with Crippen molar-refractivity contribution in [2.45, 2.75) is 27.2 Å². The van der Waals surface area contributed by atoms with E-state index >= 15 is 0 Å². The van der Waals surface area contributed by atoms with Gasteiger partial charge in [0.25, 0.3) is 0 Å². The van der Waals surface area contributed by atoms with Crippen LogP contribution < -0.4 is 11.2 Å². The van der Waals surface area contributed by atoms with Gasteiger partial charge in [0, 0.05) is 6.42 Å². The molecule has 0 unspecified atom stereocenters. The number of nitrogens with zero attached hydrogens (tertiary/aromatic N) is 1. The third-order valence-corrected chi connectivity index (χ3v) is 2.14. The molecule has 0 radical (unpaired) electrons. The molecule has 4 nitrogen and oxygen atoms in total. The van der Waals surface area contributed by atoms with Gasteiger partial charge in [-0.25, -0.2) is 10.2 Å². The number of rotatable bonds is 1. The van der Waals surface area contributed by atoms with E-state index in [4.69, 9.17) is 5.73 Å². The largest absolute Gasteiger partial charge is 0.350 e. The van der Waals surface area contributed by atoms with E-state index in [1.54, 1.807) is 0 Å². The highest BCUT2D eigenvalue weighted by molar-refractivity contribution is 5.97. The number of carbonyl (C=O) groups is 1. The van der Waals surface area contributed by atoms with Crippen LogP contribution in [0.25, 0.3) is 0 Å². The number of allylic oxidation sites excluding steroid dienone is 4. The second-order valence-electron chi connectivity index (χ2n) is 4.47. The van der Waals surface area contributed by atoms with E-state index in [2.05, 4.69) is 36.5 Å². The Morgan fingerprint density at radius 2 is 2.27 bits per heavy atom. The van der Waals surface area contributed by atoms with Gasteiger partial charge in [-0.1, -0.05) is 26.0 Å². The first-order valence-corrected chi connectivity index (χ1v) is 4.89. The molecule has 4 heteroatoms. The van der Waals surface area contributed by atoms with E-state index in [1.165, 1.54) is 0 Å². The fourth-order valence-electron chi connectivity index (χ4n) is 1.44. The zero-order valence-electron chi connectivity index (χ0n) is 9.37. The number of primary amides is 1. The minimum atomic E-state index is -0.636. The molecule has 0 bridgehead atoms. The normalized spacial score (nSPS) is 22.1. The predicted octanol–water partition coefficient (Wildman–Crippen LogP) is 1.94. The number of urea groups is 1. The fourth-order valence-corrected chi connectivity index (χ4v) is 1.44. The summed E-state index contributed by atoms with van der Waals surface area (Å²) in [6, 6.07) is -0.636. The van der Waals surface area contributed by atoms with Crippen LogP contribution in [0.5, 0.6) is 0 Å². The van der Waals surface area contributed by atoms with E-state index in [-0.39, 0.29) is 5.41 Å². The van der Waals surface area contributed by atoms with Gasteiger partial charge in [0.1, 0.15) is 0 Å². The second kappa shape index (κ2) is 4.29. The monoisotopic (exact) mass is 207 g/mol. The maximum atomic E-state index is 10.5.